The number of aromatic hydroxyl groups is 1. The number of benzene rings is 3. The maximum Gasteiger partial charge on any atom is 0.326 e. The van der Waals surface area contributed by atoms with Crippen LogP contribution in [0.1, 0.15) is 42.4 Å². The second-order valence-corrected chi connectivity index (χ2v) is 16.0. The number of carbonyl (C=O) groups is 9. The molecule has 372 valence electrons. The molecule has 3 rings (SSSR count). The molecule has 0 aromatic heterocycles. The van der Waals surface area contributed by atoms with Crippen molar-refractivity contribution < 1.29 is 58.5 Å². The van der Waals surface area contributed by atoms with Crippen LogP contribution in [0.3, 0.4) is 0 Å². The van der Waals surface area contributed by atoms with Crippen molar-refractivity contribution in [2.45, 2.75) is 81.2 Å². The minimum absolute atomic E-state index is 0.0186. The lowest BCUT2D eigenvalue weighted by atomic mass is 10.0. The molecule has 6 atom stereocenters. The largest absolute Gasteiger partial charge is 0.508 e. The second-order valence-electron chi connectivity index (χ2n) is 15.6. The Hall–Kier alpha value is -7.73. The average molecular weight is 978 g/mol. The van der Waals surface area contributed by atoms with E-state index in [0.717, 1.165) is 0 Å². The average Bonchev–Trinajstić information content (AvgIpc) is 3.32. The quantitative estimate of drug-likeness (QED) is 0.0146. The molecule has 0 saturated heterocycles. The van der Waals surface area contributed by atoms with E-state index in [4.69, 9.17) is 17.2 Å². The molecule has 0 fully saturated rings. The number of nitrogens with two attached hydrogens (primary N) is 3. The van der Waals surface area contributed by atoms with Crippen LogP contribution in [-0.2, 0) is 62.4 Å². The van der Waals surface area contributed by atoms with Crippen LogP contribution in [0.4, 0.5) is 0 Å². The molecule has 7 amide bonds. The van der Waals surface area contributed by atoms with Gasteiger partial charge in [0.2, 0.25) is 41.4 Å². The first kappa shape index (κ1) is 55.6. The van der Waals surface area contributed by atoms with Crippen molar-refractivity contribution in [3.63, 3.8) is 0 Å². The number of rotatable bonds is 29. The fourth-order valence-electron chi connectivity index (χ4n) is 6.47. The third kappa shape index (κ3) is 21.2. The maximum absolute atomic E-state index is 14.1. The number of carbonyl (C=O) groups excluding carboxylic acids is 7. The van der Waals surface area contributed by atoms with Gasteiger partial charge < -0.3 is 69.7 Å². The fourth-order valence-corrected chi connectivity index (χ4v) is 6.64. The zero-order valence-corrected chi connectivity index (χ0v) is 38.4. The number of hydrogen-bond donors (Lipinski definition) is 14. The van der Waals surface area contributed by atoms with Crippen molar-refractivity contribution in [2.75, 3.05) is 25.4 Å². The Morgan fingerprint density at radius 3 is 1.49 bits per heavy atom. The molecule has 0 aliphatic rings. The van der Waals surface area contributed by atoms with E-state index in [1.54, 1.807) is 60.7 Å². The zero-order chi connectivity index (χ0) is 50.9. The Labute approximate surface area is 402 Å². The number of aliphatic carboxylic acids is 2. The van der Waals surface area contributed by atoms with E-state index in [9.17, 15) is 58.5 Å². The smallest absolute Gasteiger partial charge is 0.326 e. The zero-order valence-electron chi connectivity index (χ0n) is 37.5. The summed E-state index contributed by atoms with van der Waals surface area (Å²) in [6.07, 6.45) is -1.31. The Balaban J connectivity index is 1.81. The number of hydrogen-bond acceptors (Lipinski definition) is 13. The number of thiol groups is 1. The van der Waals surface area contributed by atoms with Gasteiger partial charge in [-0.15, -0.1) is 0 Å². The predicted molar refractivity (Wildman–Crippen MR) is 254 cm³/mol. The van der Waals surface area contributed by atoms with Gasteiger partial charge >= 0.3 is 11.9 Å². The van der Waals surface area contributed by atoms with Crippen molar-refractivity contribution in [1.29, 1.82) is 0 Å². The Morgan fingerprint density at radius 2 is 0.986 bits per heavy atom. The summed E-state index contributed by atoms with van der Waals surface area (Å²) in [5, 5.41) is 46.2. The lowest BCUT2D eigenvalue weighted by molar-refractivity contribution is -0.142. The number of nitrogens with one attached hydrogen (secondary N) is 7. The Morgan fingerprint density at radius 1 is 0.551 bits per heavy atom. The first-order chi connectivity index (χ1) is 32.8. The highest BCUT2D eigenvalue weighted by Gasteiger charge is 2.32. The molecule has 0 heterocycles. The highest BCUT2D eigenvalue weighted by Crippen LogP contribution is 2.13. The van der Waals surface area contributed by atoms with Crippen LogP contribution in [0.25, 0.3) is 0 Å². The summed E-state index contributed by atoms with van der Waals surface area (Å²) in [7, 11) is 0. The highest BCUT2D eigenvalue weighted by molar-refractivity contribution is 7.80. The van der Waals surface area contributed by atoms with Crippen LogP contribution >= 0.6 is 12.6 Å². The van der Waals surface area contributed by atoms with Crippen LogP contribution in [-0.4, -0.2) is 136 Å². The van der Waals surface area contributed by atoms with E-state index in [-0.39, 0.29) is 56.1 Å². The monoisotopic (exact) mass is 977 g/mol. The molecule has 0 bridgehead atoms. The normalized spacial score (nSPS) is 13.3. The standard InChI is InChI=1S/C45H59N11O12S/c46-30(25-69)39(62)50-23-36(58)52-32(17-18-38(60)61)41(64)54-31(12-7-19-49-45(47)48)40(63)51-24-37(59)53-33(20-26-8-3-1-4-9-26)42(65)55-34(21-27-10-5-2-6-11-27)43(66)56-35(44(67)68)22-28-13-15-29(57)16-14-28/h1-6,8-11,13-16,30-35,57,69H,7,12,17-25,46H2,(H,50,62)(H,51,63)(H,52,58)(H,53,59)(H,54,64)(H,55,65)(H,56,66)(H,60,61)(H,67,68)(H4,47,48,49)/t30-,31-,32-,33-,34-,35-/m0/s1. The third-order valence-electron chi connectivity index (χ3n) is 10.1. The summed E-state index contributed by atoms with van der Waals surface area (Å²) in [6.45, 7) is -1.34. The number of carboxylic acid groups (broad SMARTS) is 2. The fraction of sp³-hybridized carbons (Fsp3) is 0.378. The van der Waals surface area contributed by atoms with E-state index in [0.29, 0.717) is 16.7 Å². The number of phenolic OH excluding ortho intramolecular Hbond substituents is 1. The molecule has 69 heavy (non-hydrogen) atoms. The number of phenols is 1. The van der Waals surface area contributed by atoms with Gasteiger partial charge in [-0.3, -0.25) is 43.3 Å². The van der Waals surface area contributed by atoms with Crippen molar-refractivity contribution in [3.8, 4) is 5.75 Å². The number of guanidine groups is 1. The van der Waals surface area contributed by atoms with E-state index in [1.807, 2.05) is 0 Å². The van der Waals surface area contributed by atoms with Gasteiger partial charge in [-0.2, -0.15) is 12.6 Å². The third-order valence-corrected chi connectivity index (χ3v) is 10.5. The van der Waals surface area contributed by atoms with Gasteiger partial charge in [-0.1, -0.05) is 72.8 Å². The van der Waals surface area contributed by atoms with Crippen molar-refractivity contribution >= 4 is 71.9 Å². The molecule has 0 unspecified atom stereocenters. The number of aliphatic imine (C=N–C) groups is 1. The van der Waals surface area contributed by atoms with Crippen LogP contribution in [0.2, 0.25) is 0 Å². The van der Waals surface area contributed by atoms with Gasteiger partial charge in [0.25, 0.3) is 0 Å². The van der Waals surface area contributed by atoms with Gasteiger partial charge in [0.05, 0.1) is 19.1 Å². The molecule has 0 saturated carbocycles. The first-order valence-electron chi connectivity index (χ1n) is 21.6. The minimum atomic E-state index is -1.50. The molecule has 0 spiro atoms. The van der Waals surface area contributed by atoms with Crippen molar-refractivity contribution in [2.24, 2.45) is 22.2 Å². The molecule has 0 aliphatic carbocycles. The molecule has 3 aromatic rings. The van der Waals surface area contributed by atoms with Gasteiger partial charge in [0, 0.05) is 38.0 Å². The number of nitrogens with zero attached hydrogens (tertiary/aromatic N) is 1. The summed E-state index contributed by atoms with van der Waals surface area (Å²) < 4.78 is 0. The van der Waals surface area contributed by atoms with E-state index < -0.39 is 115 Å². The summed E-state index contributed by atoms with van der Waals surface area (Å²) in [5.74, 6) is -8.95. The minimum Gasteiger partial charge on any atom is -0.508 e. The van der Waals surface area contributed by atoms with Crippen LogP contribution in [0.15, 0.2) is 89.9 Å². The Kier molecular flexibility index (Phi) is 23.5. The molecular weight excluding hydrogens is 919 g/mol. The second kappa shape index (κ2) is 29.1. The topological polar surface area (TPSA) is 389 Å². The molecule has 23 nitrogen and oxygen atoms in total. The van der Waals surface area contributed by atoms with E-state index in [2.05, 4.69) is 54.8 Å². The number of carboxylic acids is 2. The molecular formula is C45H59N11O12S. The van der Waals surface area contributed by atoms with Gasteiger partial charge in [0.1, 0.15) is 36.0 Å². The molecule has 0 aliphatic heterocycles. The van der Waals surface area contributed by atoms with Crippen molar-refractivity contribution in [1.82, 2.24) is 37.2 Å². The van der Waals surface area contributed by atoms with Crippen molar-refractivity contribution in [3.05, 3.63) is 102 Å². The van der Waals surface area contributed by atoms with Crippen LogP contribution in [0.5, 0.6) is 5.75 Å². The summed E-state index contributed by atoms with van der Waals surface area (Å²) in [6, 6.07) is 14.8. The molecule has 3 aromatic carbocycles. The van der Waals surface area contributed by atoms with Crippen LogP contribution < -0.4 is 54.4 Å². The summed E-state index contributed by atoms with van der Waals surface area (Å²) in [4.78, 5) is 121. The molecule has 0 radical (unpaired) electrons. The van der Waals surface area contributed by atoms with Gasteiger partial charge in [-0.05, 0) is 48.1 Å². The SMILES string of the molecule is NC(N)=NCCC[C@H](NC(=O)[C@H](CCC(=O)O)NC(=O)CNC(=O)[C@@H](N)CS)C(=O)NCC(=O)N[C@@H](Cc1ccccc1)C(=O)N[C@@H](Cc1ccccc1)C(=O)N[C@@H](Cc1ccc(O)cc1)C(=O)O. The van der Waals surface area contributed by atoms with E-state index in [1.165, 1.54) is 24.3 Å². The molecule has 24 heteroatoms. The Bertz CT molecular complexity index is 2250. The van der Waals surface area contributed by atoms with Crippen LogP contribution in [0, 0.1) is 0 Å². The summed E-state index contributed by atoms with van der Waals surface area (Å²) >= 11 is 3.92. The summed E-state index contributed by atoms with van der Waals surface area (Å²) in [5.41, 5.74) is 18.2. The first-order valence-corrected chi connectivity index (χ1v) is 22.3. The van der Waals surface area contributed by atoms with Gasteiger partial charge in [-0.25, -0.2) is 4.79 Å². The highest BCUT2D eigenvalue weighted by atomic mass is 32.1. The lowest BCUT2D eigenvalue weighted by Crippen LogP contribution is -2.58. The van der Waals surface area contributed by atoms with Gasteiger partial charge in [0.15, 0.2) is 5.96 Å². The maximum atomic E-state index is 14.1. The van der Waals surface area contributed by atoms with E-state index >= 15 is 0 Å². The molecule has 16 N–H and O–H groups in total. The predicted octanol–water partition coefficient (Wildman–Crippen LogP) is -2.66. The lowest BCUT2D eigenvalue weighted by Gasteiger charge is -2.25. The number of amides is 7.